The molecule has 0 unspecified atom stereocenters. The lowest BCUT2D eigenvalue weighted by atomic mass is 9.90. The van der Waals surface area contributed by atoms with E-state index in [1.165, 1.54) is 28.8 Å². The number of aromatic nitrogens is 2. The van der Waals surface area contributed by atoms with Gasteiger partial charge < -0.3 is 9.84 Å². The fourth-order valence-corrected chi connectivity index (χ4v) is 5.74. The first-order chi connectivity index (χ1) is 16.4. The van der Waals surface area contributed by atoms with Gasteiger partial charge in [0.1, 0.15) is 17.9 Å². The van der Waals surface area contributed by atoms with Gasteiger partial charge in [-0.1, -0.05) is 12.1 Å². The molecule has 1 aliphatic rings. The minimum Gasteiger partial charge on any atom is -0.508 e. The van der Waals surface area contributed by atoms with Crippen LogP contribution in [-0.4, -0.2) is 52.0 Å². The molecule has 0 aliphatic carbocycles. The van der Waals surface area contributed by atoms with Crippen LogP contribution < -0.4 is 5.56 Å². The maximum atomic E-state index is 13.3. The molecule has 0 saturated carbocycles. The molecule has 186 valence electrons. The smallest absolute Gasteiger partial charge is 0.326 e. The zero-order chi connectivity index (χ0) is 25.4. The van der Waals surface area contributed by atoms with Gasteiger partial charge in [-0.3, -0.25) is 14.2 Å². The molecule has 0 spiro atoms. The van der Waals surface area contributed by atoms with Crippen LogP contribution in [0.5, 0.6) is 5.75 Å². The molecule has 10 heteroatoms. The highest BCUT2D eigenvalue weighted by atomic mass is 32.2. The molecular formula is C25H29N3O6S. The number of nitrogens with zero attached hydrogens (tertiary/aromatic N) is 3. The summed E-state index contributed by atoms with van der Waals surface area (Å²) in [4.78, 5) is 29.2. The molecule has 2 aromatic carbocycles. The van der Waals surface area contributed by atoms with Crippen molar-refractivity contribution in [2.24, 2.45) is 0 Å². The number of carbonyl (C=O) groups excluding carboxylic acids is 1. The number of fused-ring (bicyclic) bond motifs is 1. The summed E-state index contributed by atoms with van der Waals surface area (Å²) in [6.45, 7) is 5.68. The van der Waals surface area contributed by atoms with Crippen molar-refractivity contribution in [3.05, 3.63) is 64.7 Å². The van der Waals surface area contributed by atoms with Crippen LogP contribution in [0, 0.1) is 0 Å². The van der Waals surface area contributed by atoms with E-state index in [9.17, 15) is 23.1 Å². The van der Waals surface area contributed by atoms with E-state index in [-0.39, 0.29) is 34.0 Å². The van der Waals surface area contributed by atoms with E-state index >= 15 is 0 Å². The lowest BCUT2D eigenvalue weighted by molar-refractivity contribution is -0.155. The number of rotatable bonds is 5. The lowest BCUT2D eigenvalue weighted by Gasteiger charge is -2.31. The Morgan fingerprint density at radius 1 is 1.11 bits per heavy atom. The third kappa shape index (κ3) is 5.54. The Hall–Kier alpha value is -3.24. The third-order valence-corrected chi connectivity index (χ3v) is 7.87. The molecule has 2 heterocycles. The fraction of sp³-hybridized carbons (Fsp3) is 0.400. The van der Waals surface area contributed by atoms with Crippen LogP contribution in [0.3, 0.4) is 0 Å². The van der Waals surface area contributed by atoms with Crippen molar-refractivity contribution in [1.29, 1.82) is 0 Å². The van der Waals surface area contributed by atoms with E-state index in [2.05, 4.69) is 4.98 Å². The van der Waals surface area contributed by atoms with Crippen LogP contribution in [0.4, 0.5) is 0 Å². The topological polar surface area (TPSA) is 119 Å². The van der Waals surface area contributed by atoms with E-state index in [1.54, 1.807) is 32.9 Å². The first-order valence-electron chi connectivity index (χ1n) is 11.4. The van der Waals surface area contributed by atoms with Gasteiger partial charge in [0.2, 0.25) is 10.0 Å². The largest absolute Gasteiger partial charge is 0.508 e. The highest BCUT2D eigenvalue weighted by Gasteiger charge is 2.30. The molecule has 4 rings (SSSR count). The van der Waals surface area contributed by atoms with Gasteiger partial charge in [0.15, 0.2) is 0 Å². The average molecular weight is 500 g/mol. The van der Waals surface area contributed by atoms with Gasteiger partial charge in [-0.2, -0.15) is 4.31 Å². The van der Waals surface area contributed by atoms with Gasteiger partial charge in [-0.15, -0.1) is 0 Å². The van der Waals surface area contributed by atoms with Crippen molar-refractivity contribution in [2.45, 2.75) is 56.6 Å². The molecule has 0 radical (unpaired) electrons. The number of carbonyl (C=O) groups is 1. The summed E-state index contributed by atoms with van der Waals surface area (Å²) in [6.07, 6.45) is 2.57. The molecule has 1 N–H and O–H groups in total. The van der Waals surface area contributed by atoms with Gasteiger partial charge >= 0.3 is 5.97 Å². The van der Waals surface area contributed by atoms with Gasteiger partial charge in [-0.25, -0.2) is 13.4 Å². The predicted molar refractivity (Wildman–Crippen MR) is 131 cm³/mol. The Balaban J connectivity index is 1.51. The molecule has 0 bridgehead atoms. The van der Waals surface area contributed by atoms with Crippen LogP contribution in [0.2, 0.25) is 0 Å². The summed E-state index contributed by atoms with van der Waals surface area (Å²) >= 11 is 0. The maximum Gasteiger partial charge on any atom is 0.326 e. The van der Waals surface area contributed by atoms with Crippen molar-refractivity contribution in [3.8, 4) is 5.75 Å². The first kappa shape index (κ1) is 24.9. The second-order valence-corrected chi connectivity index (χ2v) is 11.7. The van der Waals surface area contributed by atoms with Crippen molar-refractivity contribution in [3.63, 3.8) is 0 Å². The summed E-state index contributed by atoms with van der Waals surface area (Å²) in [5, 5.41) is 9.71. The molecule has 0 atom stereocenters. The normalized spacial score (nSPS) is 15.9. The first-order valence-corrected chi connectivity index (χ1v) is 12.9. The molecule has 1 fully saturated rings. The van der Waals surface area contributed by atoms with Gasteiger partial charge in [0.05, 0.1) is 22.1 Å². The van der Waals surface area contributed by atoms with Crippen LogP contribution in [0.25, 0.3) is 10.9 Å². The quantitative estimate of drug-likeness (QED) is 0.536. The minimum atomic E-state index is -3.76. The van der Waals surface area contributed by atoms with Crippen LogP contribution in [-0.2, 0) is 26.1 Å². The Labute approximate surface area is 204 Å². The van der Waals surface area contributed by atoms with Crippen molar-refractivity contribution in [1.82, 2.24) is 13.9 Å². The monoisotopic (exact) mass is 499 g/mol. The van der Waals surface area contributed by atoms with Crippen molar-refractivity contribution in [2.75, 3.05) is 13.1 Å². The number of ether oxygens (including phenoxy) is 1. The SMILES string of the molecule is CC(C)(C)OC(=O)Cn1cnc2cc(S(=O)(=O)N3CCC(c4ccc(O)cc4)CC3)ccc2c1=O. The van der Waals surface area contributed by atoms with Crippen molar-refractivity contribution >= 4 is 26.9 Å². The van der Waals surface area contributed by atoms with Crippen LogP contribution in [0.1, 0.15) is 45.1 Å². The second-order valence-electron chi connectivity index (χ2n) is 9.71. The third-order valence-electron chi connectivity index (χ3n) is 5.97. The molecule has 3 aromatic rings. The number of piperidine rings is 1. The number of phenolic OH excluding ortho intramolecular Hbond substituents is 1. The maximum absolute atomic E-state index is 13.3. The molecule has 1 aromatic heterocycles. The molecular weight excluding hydrogens is 470 g/mol. The summed E-state index contributed by atoms with van der Waals surface area (Å²) in [6, 6.07) is 11.3. The number of hydrogen-bond donors (Lipinski definition) is 1. The standard InChI is InChI=1S/C25H29N3O6S/c1-25(2,3)34-23(30)15-27-16-26-22-14-20(8-9-21(22)24(27)31)35(32,33)28-12-10-18(11-13-28)17-4-6-19(29)7-5-17/h4-9,14,16,18,29H,10-13,15H2,1-3H3. The predicted octanol–water partition coefficient (Wildman–Crippen LogP) is 3.01. The Morgan fingerprint density at radius 3 is 2.40 bits per heavy atom. The highest BCUT2D eigenvalue weighted by Crippen LogP contribution is 2.31. The summed E-state index contributed by atoms with van der Waals surface area (Å²) < 4.78 is 34.4. The molecule has 1 saturated heterocycles. The van der Waals surface area contributed by atoms with Gasteiger partial charge in [0.25, 0.3) is 5.56 Å². The number of esters is 1. The van der Waals surface area contributed by atoms with Crippen LogP contribution in [0.15, 0.2) is 58.5 Å². The van der Waals surface area contributed by atoms with E-state index in [4.69, 9.17) is 4.74 Å². The van der Waals surface area contributed by atoms with E-state index < -0.39 is 27.2 Å². The fourth-order valence-electron chi connectivity index (χ4n) is 4.25. The second kappa shape index (κ2) is 9.43. The molecule has 35 heavy (non-hydrogen) atoms. The zero-order valence-corrected chi connectivity index (χ0v) is 20.8. The minimum absolute atomic E-state index is 0.0740. The van der Waals surface area contributed by atoms with E-state index in [0.29, 0.717) is 25.9 Å². The lowest BCUT2D eigenvalue weighted by Crippen LogP contribution is -2.37. The Morgan fingerprint density at radius 2 is 1.77 bits per heavy atom. The number of benzene rings is 2. The number of phenols is 1. The number of sulfonamides is 1. The molecule has 1 aliphatic heterocycles. The van der Waals surface area contributed by atoms with Crippen molar-refractivity contribution < 1.29 is 23.1 Å². The summed E-state index contributed by atoms with van der Waals surface area (Å²) in [7, 11) is -3.76. The zero-order valence-electron chi connectivity index (χ0n) is 20.0. The molecule has 9 nitrogen and oxygen atoms in total. The van der Waals surface area contributed by atoms with Gasteiger partial charge in [-0.05, 0) is 75.4 Å². The summed E-state index contributed by atoms with van der Waals surface area (Å²) in [5.74, 6) is -0.130. The average Bonchev–Trinajstić information content (AvgIpc) is 2.80. The van der Waals surface area contributed by atoms with Gasteiger partial charge in [0, 0.05) is 13.1 Å². The van der Waals surface area contributed by atoms with E-state index in [1.807, 2.05) is 12.1 Å². The Bertz CT molecular complexity index is 1400. The van der Waals surface area contributed by atoms with Crippen LogP contribution >= 0.6 is 0 Å². The molecule has 0 amide bonds. The number of hydrogen-bond acceptors (Lipinski definition) is 7. The highest BCUT2D eigenvalue weighted by molar-refractivity contribution is 7.89. The van der Waals surface area contributed by atoms with E-state index in [0.717, 1.165) is 10.1 Å². The Kier molecular flexibility index (Phi) is 6.70. The summed E-state index contributed by atoms with van der Waals surface area (Å²) in [5.41, 5.74) is 0.208. The number of aromatic hydroxyl groups is 1.